The number of amides is 1. The fraction of sp³-hybridized carbons (Fsp3) is 0. The molecule has 0 fully saturated rings. The Balaban J connectivity index is 1.43. The summed E-state index contributed by atoms with van der Waals surface area (Å²) in [6.07, 6.45) is 6.70. The van der Waals surface area contributed by atoms with Gasteiger partial charge in [0, 0.05) is 41.2 Å². The number of anilines is 1. The summed E-state index contributed by atoms with van der Waals surface area (Å²) >= 11 is 7.35. The van der Waals surface area contributed by atoms with E-state index in [0.29, 0.717) is 11.3 Å². The van der Waals surface area contributed by atoms with Gasteiger partial charge in [0.1, 0.15) is 5.02 Å². The van der Waals surface area contributed by atoms with Crippen LogP contribution in [0.5, 0.6) is 0 Å². The molecule has 144 valence electrons. The molecule has 0 saturated carbocycles. The van der Waals surface area contributed by atoms with Gasteiger partial charge in [-0.1, -0.05) is 29.8 Å². The maximum Gasteiger partial charge on any atom is 0.288 e. The Morgan fingerprint density at radius 1 is 1.24 bits per heavy atom. The fourth-order valence-electron chi connectivity index (χ4n) is 2.72. The molecule has 2 aromatic heterocycles. The van der Waals surface area contributed by atoms with Crippen molar-refractivity contribution in [3.63, 3.8) is 0 Å². The molecule has 2 heterocycles. The number of rotatable bonds is 5. The standard InChI is InChI=1S/C20H13ClN4O3S/c21-16-7-1-13(11-18(16)25(27)28)2-8-19(26)22-15-5-3-14(4-6-15)17-12-24-9-10-29-20(24)23-17/h1-12H,(H,22,26)/b8-2+. The Morgan fingerprint density at radius 2 is 2.03 bits per heavy atom. The van der Waals surface area contributed by atoms with Crippen LogP contribution in [0.15, 0.2) is 66.3 Å². The van der Waals surface area contributed by atoms with Crippen molar-refractivity contribution >= 4 is 51.3 Å². The first-order valence-corrected chi connectivity index (χ1v) is 9.71. The van der Waals surface area contributed by atoms with Gasteiger partial charge in [0.2, 0.25) is 5.91 Å². The summed E-state index contributed by atoms with van der Waals surface area (Å²) < 4.78 is 1.96. The van der Waals surface area contributed by atoms with Gasteiger partial charge in [0.25, 0.3) is 5.69 Å². The van der Waals surface area contributed by atoms with Crippen LogP contribution < -0.4 is 5.32 Å². The third-order valence-corrected chi connectivity index (χ3v) is 5.23. The lowest BCUT2D eigenvalue weighted by molar-refractivity contribution is -0.384. The SMILES string of the molecule is O=C(/C=C/c1ccc(Cl)c([N+](=O)[O-])c1)Nc1ccc(-c2cn3ccsc3n2)cc1. The predicted molar refractivity (Wildman–Crippen MR) is 114 cm³/mol. The number of nitrogens with one attached hydrogen (secondary N) is 1. The third-order valence-electron chi connectivity index (χ3n) is 4.14. The van der Waals surface area contributed by atoms with Gasteiger partial charge >= 0.3 is 0 Å². The Morgan fingerprint density at radius 3 is 2.76 bits per heavy atom. The van der Waals surface area contributed by atoms with Crippen molar-refractivity contribution < 1.29 is 9.72 Å². The summed E-state index contributed by atoms with van der Waals surface area (Å²) in [6.45, 7) is 0. The van der Waals surface area contributed by atoms with Gasteiger partial charge < -0.3 is 5.32 Å². The summed E-state index contributed by atoms with van der Waals surface area (Å²) in [4.78, 5) is 28.0. The van der Waals surface area contributed by atoms with E-state index in [1.807, 2.05) is 34.3 Å². The molecular weight excluding hydrogens is 412 g/mol. The minimum atomic E-state index is -0.564. The van der Waals surface area contributed by atoms with Gasteiger partial charge in [-0.2, -0.15) is 0 Å². The molecule has 29 heavy (non-hydrogen) atoms. The molecule has 0 aliphatic heterocycles. The van der Waals surface area contributed by atoms with E-state index in [4.69, 9.17) is 11.6 Å². The molecule has 1 amide bonds. The van der Waals surface area contributed by atoms with Crippen LogP contribution >= 0.6 is 22.9 Å². The molecule has 4 aromatic rings. The predicted octanol–water partition coefficient (Wildman–Crippen LogP) is 5.28. The Kier molecular flexibility index (Phi) is 5.11. The van der Waals surface area contributed by atoms with E-state index < -0.39 is 4.92 Å². The van der Waals surface area contributed by atoms with Crippen molar-refractivity contribution in [2.24, 2.45) is 0 Å². The first-order chi connectivity index (χ1) is 14.0. The molecule has 0 unspecified atom stereocenters. The van der Waals surface area contributed by atoms with Gasteiger partial charge in [0.15, 0.2) is 4.96 Å². The number of nitro groups is 1. The molecule has 9 heteroatoms. The summed E-state index contributed by atoms with van der Waals surface area (Å²) in [5.74, 6) is -0.349. The molecule has 0 radical (unpaired) electrons. The van der Waals surface area contributed by atoms with Crippen LogP contribution in [0.25, 0.3) is 22.3 Å². The van der Waals surface area contributed by atoms with Gasteiger partial charge in [0.05, 0.1) is 10.6 Å². The lowest BCUT2D eigenvalue weighted by atomic mass is 10.1. The van der Waals surface area contributed by atoms with E-state index in [2.05, 4.69) is 10.3 Å². The number of aromatic nitrogens is 2. The normalized spacial score (nSPS) is 11.2. The van der Waals surface area contributed by atoms with E-state index in [0.717, 1.165) is 16.2 Å². The minimum Gasteiger partial charge on any atom is -0.323 e. The van der Waals surface area contributed by atoms with E-state index in [1.54, 1.807) is 29.5 Å². The molecule has 0 spiro atoms. The highest BCUT2D eigenvalue weighted by molar-refractivity contribution is 7.15. The summed E-state index contributed by atoms with van der Waals surface area (Å²) in [5, 5.41) is 15.7. The molecule has 4 rings (SSSR count). The quantitative estimate of drug-likeness (QED) is 0.268. The zero-order valence-corrected chi connectivity index (χ0v) is 16.4. The van der Waals surface area contributed by atoms with E-state index in [9.17, 15) is 14.9 Å². The van der Waals surface area contributed by atoms with Crippen molar-refractivity contribution in [1.82, 2.24) is 9.38 Å². The van der Waals surface area contributed by atoms with Gasteiger partial charge in [-0.15, -0.1) is 11.3 Å². The van der Waals surface area contributed by atoms with Crippen molar-refractivity contribution in [1.29, 1.82) is 0 Å². The summed E-state index contributed by atoms with van der Waals surface area (Å²) in [7, 11) is 0. The van der Waals surface area contributed by atoms with Crippen molar-refractivity contribution in [3.05, 3.63) is 87.0 Å². The molecule has 0 aliphatic rings. The van der Waals surface area contributed by atoms with Crippen LogP contribution in [0, 0.1) is 10.1 Å². The molecule has 0 bridgehead atoms. The number of hydrogen-bond acceptors (Lipinski definition) is 5. The minimum absolute atomic E-state index is 0.0502. The number of halogens is 1. The zero-order chi connectivity index (χ0) is 20.4. The first-order valence-electron chi connectivity index (χ1n) is 8.45. The average molecular weight is 425 g/mol. The van der Waals surface area contributed by atoms with Crippen LogP contribution in [-0.2, 0) is 4.79 Å². The van der Waals surface area contributed by atoms with Crippen molar-refractivity contribution in [2.45, 2.75) is 0 Å². The number of carbonyl (C=O) groups excluding carboxylic acids is 1. The van der Waals surface area contributed by atoms with Crippen LogP contribution in [0.4, 0.5) is 11.4 Å². The number of imidazole rings is 1. The molecule has 0 atom stereocenters. The van der Waals surface area contributed by atoms with Crippen LogP contribution in [0.1, 0.15) is 5.56 Å². The maximum absolute atomic E-state index is 12.1. The number of hydrogen-bond donors (Lipinski definition) is 1. The first kappa shape index (κ1) is 18.9. The highest BCUT2D eigenvalue weighted by Gasteiger charge is 2.12. The van der Waals surface area contributed by atoms with Gasteiger partial charge in [-0.3, -0.25) is 19.3 Å². The zero-order valence-electron chi connectivity index (χ0n) is 14.8. The van der Waals surface area contributed by atoms with Crippen molar-refractivity contribution in [2.75, 3.05) is 5.32 Å². The number of carbonyl (C=O) groups is 1. The number of fused-ring (bicyclic) bond motifs is 1. The van der Waals surface area contributed by atoms with E-state index >= 15 is 0 Å². The second kappa shape index (κ2) is 7.86. The number of thiazole rings is 1. The molecule has 0 saturated heterocycles. The highest BCUT2D eigenvalue weighted by atomic mass is 35.5. The van der Waals surface area contributed by atoms with E-state index in [1.165, 1.54) is 24.3 Å². The third kappa shape index (κ3) is 4.18. The molecule has 7 nitrogen and oxygen atoms in total. The number of nitrogens with zero attached hydrogens (tertiary/aromatic N) is 3. The smallest absolute Gasteiger partial charge is 0.288 e. The van der Waals surface area contributed by atoms with Crippen LogP contribution in [0.3, 0.4) is 0 Å². The Bertz CT molecular complexity index is 1220. The van der Waals surface area contributed by atoms with Gasteiger partial charge in [-0.25, -0.2) is 4.98 Å². The van der Waals surface area contributed by atoms with Crippen LogP contribution in [-0.4, -0.2) is 20.2 Å². The average Bonchev–Trinajstić information content (AvgIpc) is 3.30. The topological polar surface area (TPSA) is 89.5 Å². The molecular formula is C20H13ClN4O3S. The molecule has 0 aliphatic carbocycles. The monoisotopic (exact) mass is 424 g/mol. The molecule has 2 aromatic carbocycles. The fourth-order valence-corrected chi connectivity index (χ4v) is 3.61. The highest BCUT2D eigenvalue weighted by Crippen LogP contribution is 2.26. The summed E-state index contributed by atoms with van der Waals surface area (Å²) in [6, 6.07) is 11.7. The summed E-state index contributed by atoms with van der Waals surface area (Å²) in [5.41, 5.74) is 2.74. The van der Waals surface area contributed by atoms with Gasteiger partial charge in [-0.05, 0) is 29.8 Å². The largest absolute Gasteiger partial charge is 0.323 e. The second-order valence-electron chi connectivity index (χ2n) is 6.09. The molecule has 1 N–H and O–H groups in total. The lowest BCUT2D eigenvalue weighted by Crippen LogP contribution is -2.07. The van der Waals surface area contributed by atoms with Crippen LogP contribution in [0.2, 0.25) is 5.02 Å². The Labute approximate surface area is 174 Å². The maximum atomic E-state index is 12.1. The second-order valence-corrected chi connectivity index (χ2v) is 7.37. The van der Waals surface area contributed by atoms with E-state index in [-0.39, 0.29) is 16.6 Å². The number of benzene rings is 2. The lowest BCUT2D eigenvalue weighted by Gasteiger charge is -2.03. The number of nitro benzene ring substituents is 1. The van der Waals surface area contributed by atoms with Crippen molar-refractivity contribution in [3.8, 4) is 11.3 Å². The Hall–Kier alpha value is -3.49.